The number of fused-ring (bicyclic) bond motifs is 1. The fourth-order valence-corrected chi connectivity index (χ4v) is 3.12. The molecule has 0 aliphatic carbocycles. The van der Waals surface area contributed by atoms with Crippen molar-refractivity contribution in [3.63, 3.8) is 0 Å². The molecule has 1 aliphatic heterocycles. The average molecular weight is 442 g/mol. The lowest BCUT2D eigenvalue weighted by molar-refractivity contribution is 0.114. The molecule has 3 rings (SSSR count). The van der Waals surface area contributed by atoms with Gasteiger partial charge in [-0.25, -0.2) is 0 Å². The maximum atomic E-state index is 5.62. The molecule has 0 bridgehead atoms. The van der Waals surface area contributed by atoms with Gasteiger partial charge in [0, 0.05) is 43.8 Å². The van der Waals surface area contributed by atoms with E-state index in [1.165, 1.54) is 28.5 Å². The number of H-pyrrole nitrogens is 1. The number of nitrogens with one attached hydrogen (secondary N) is 3. The lowest BCUT2D eigenvalue weighted by Crippen LogP contribution is -2.41. The minimum absolute atomic E-state index is 0. The Balaban J connectivity index is 0.00000208. The Hall–Kier alpha value is -1.28. The van der Waals surface area contributed by atoms with Crippen LogP contribution in [-0.2, 0) is 11.2 Å². The number of aryl methyl sites for hydroxylation is 1. The van der Waals surface area contributed by atoms with Crippen LogP contribution in [-0.4, -0.2) is 43.8 Å². The molecule has 1 aromatic carbocycles. The molecule has 2 aromatic rings. The molecule has 0 spiro atoms. The highest BCUT2D eigenvalue weighted by Crippen LogP contribution is 2.21. The van der Waals surface area contributed by atoms with Crippen molar-refractivity contribution >= 4 is 40.8 Å². The Labute approximate surface area is 160 Å². The number of guanidine groups is 1. The number of ether oxygens (including phenoxy) is 1. The van der Waals surface area contributed by atoms with E-state index in [0.29, 0.717) is 6.10 Å². The lowest BCUT2D eigenvalue weighted by Gasteiger charge is -2.14. The molecule has 2 heterocycles. The van der Waals surface area contributed by atoms with Crippen LogP contribution in [0.5, 0.6) is 0 Å². The zero-order chi connectivity index (χ0) is 16.1. The Morgan fingerprint density at radius 2 is 2.25 bits per heavy atom. The van der Waals surface area contributed by atoms with Gasteiger partial charge < -0.3 is 20.4 Å². The van der Waals surface area contributed by atoms with E-state index in [4.69, 9.17) is 4.74 Å². The van der Waals surface area contributed by atoms with Gasteiger partial charge in [-0.2, -0.15) is 0 Å². The molecule has 0 amide bonds. The summed E-state index contributed by atoms with van der Waals surface area (Å²) in [5, 5.41) is 8.04. The topological polar surface area (TPSA) is 61.4 Å². The second kappa shape index (κ2) is 9.27. The van der Waals surface area contributed by atoms with E-state index in [1.807, 2.05) is 0 Å². The molecule has 6 heteroatoms. The zero-order valence-electron chi connectivity index (χ0n) is 14.4. The molecule has 24 heavy (non-hydrogen) atoms. The number of rotatable bonds is 5. The van der Waals surface area contributed by atoms with E-state index in [2.05, 4.69) is 51.9 Å². The van der Waals surface area contributed by atoms with E-state index in [-0.39, 0.29) is 24.0 Å². The summed E-state index contributed by atoms with van der Waals surface area (Å²) in [4.78, 5) is 7.66. The highest BCUT2D eigenvalue weighted by Gasteiger charge is 2.15. The second-order valence-corrected chi connectivity index (χ2v) is 6.08. The van der Waals surface area contributed by atoms with Crippen molar-refractivity contribution < 1.29 is 4.74 Å². The van der Waals surface area contributed by atoms with Crippen molar-refractivity contribution in [2.24, 2.45) is 4.99 Å². The molecule has 5 nitrogen and oxygen atoms in total. The van der Waals surface area contributed by atoms with Crippen LogP contribution in [0.3, 0.4) is 0 Å². The van der Waals surface area contributed by atoms with Crippen LogP contribution < -0.4 is 10.6 Å². The number of aromatic nitrogens is 1. The summed E-state index contributed by atoms with van der Waals surface area (Å²) >= 11 is 0. The molecule has 1 saturated heterocycles. The van der Waals surface area contributed by atoms with Crippen LogP contribution in [0.2, 0.25) is 0 Å². The van der Waals surface area contributed by atoms with Gasteiger partial charge in [0.15, 0.2) is 5.96 Å². The van der Waals surface area contributed by atoms with E-state index in [9.17, 15) is 0 Å². The predicted molar refractivity (Wildman–Crippen MR) is 110 cm³/mol. The maximum absolute atomic E-state index is 5.62. The Morgan fingerprint density at radius 3 is 3.00 bits per heavy atom. The third-order valence-electron chi connectivity index (χ3n) is 4.44. The summed E-state index contributed by atoms with van der Waals surface area (Å²) in [6, 6.07) is 6.43. The van der Waals surface area contributed by atoms with E-state index >= 15 is 0 Å². The Bertz CT molecular complexity index is 677. The predicted octanol–water partition coefficient (Wildman–Crippen LogP) is 2.98. The van der Waals surface area contributed by atoms with Gasteiger partial charge in [-0.1, -0.05) is 18.2 Å². The monoisotopic (exact) mass is 442 g/mol. The molecule has 3 N–H and O–H groups in total. The quantitative estimate of drug-likeness (QED) is 0.379. The van der Waals surface area contributed by atoms with Crippen molar-refractivity contribution in [3.8, 4) is 0 Å². The molecule has 1 aliphatic rings. The van der Waals surface area contributed by atoms with Crippen LogP contribution in [0.1, 0.15) is 24.0 Å². The van der Waals surface area contributed by atoms with E-state index in [1.54, 1.807) is 7.05 Å². The number of hydrogen-bond donors (Lipinski definition) is 3. The van der Waals surface area contributed by atoms with Gasteiger partial charge in [0.25, 0.3) is 0 Å². The molecule has 1 unspecified atom stereocenters. The van der Waals surface area contributed by atoms with Crippen LogP contribution in [0.15, 0.2) is 29.4 Å². The van der Waals surface area contributed by atoms with Crippen LogP contribution >= 0.6 is 24.0 Å². The molecule has 1 aromatic heterocycles. The van der Waals surface area contributed by atoms with Crippen molar-refractivity contribution in [2.45, 2.75) is 32.3 Å². The highest BCUT2D eigenvalue weighted by molar-refractivity contribution is 14.0. The molecule has 132 valence electrons. The molecular formula is C18H27IN4O. The second-order valence-electron chi connectivity index (χ2n) is 6.08. The summed E-state index contributed by atoms with van der Waals surface area (Å²) in [7, 11) is 1.81. The van der Waals surface area contributed by atoms with Gasteiger partial charge in [0.2, 0.25) is 0 Å². The van der Waals surface area contributed by atoms with Gasteiger partial charge in [-0.3, -0.25) is 4.99 Å². The molecule has 0 saturated carbocycles. The third kappa shape index (κ3) is 4.63. The standard InChI is InChI=1S/C18H26N4O.HI/c1-13-5-3-7-16-14(11-21-17(13)16)8-9-20-18(19-2)22-12-15-6-4-10-23-15;/h3,5,7,11,15,21H,4,6,8-10,12H2,1-2H3,(H2,19,20,22);1H. The fourth-order valence-electron chi connectivity index (χ4n) is 3.12. The summed E-state index contributed by atoms with van der Waals surface area (Å²) in [5.41, 5.74) is 3.87. The summed E-state index contributed by atoms with van der Waals surface area (Å²) in [6.45, 7) is 4.70. The smallest absolute Gasteiger partial charge is 0.191 e. The first-order valence-corrected chi connectivity index (χ1v) is 8.39. The van der Waals surface area contributed by atoms with Gasteiger partial charge in [-0.15, -0.1) is 24.0 Å². The van der Waals surface area contributed by atoms with Gasteiger partial charge in [0.05, 0.1) is 6.10 Å². The lowest BCUT2D eigenvalue weighted by atomic mass is 10.1. The number of nitrogens with zero attached hydrogens (tertiary/aromatic N) is 1. The number of para-hydroxylation sites is 1. The average Bonchev–Trinajstić information content (AvgIpc) is 3.21. The van der Waals surface area contributed by atoms with Gasteiger partial charge in [-0.05, 0) is 37.3 Å². The van der Waals surface area contributed by atoms with E-state index < -0.39 is 0 Å². The van der Waals surface area contributed by atoms with Gasteiger partial charge in [0.1, 0.15) is 0 Å². The zero-order valence-corrected chi connectivity index (χ0v) is 16.7. The first-order chi connectivity index (χ1) is 11.3. The van der Waals surface area contributed by atoms with Crippen LogP contribution in [0, 0.1) is 6.92 Å². The number of halogens is 1. The fraction of sp³-hybridized carbons (Fsp3) is 0.500. The highest BCUT2D eigenvalue weighted by atomic mass is 127. The molecule has 1 fully saturated rings. The minimum Gasteiger partial charge on any atom is -0.376 e. The number of benzene rings is 1. The van der Waals surface area contributed by atoms with Gasteiger partial charge >= 0.3 is 0 Å². The summed E-state index contributed by atoms with van der Waals surface area (Å²) < 4.78 is 5.62. The summed E-state index contributed by atoms with van der Waals surface area (Å²) in [5.74, 6) is 0.844. The van der Waals surface area contributed by atoms with Crippen molar-refractivity contribution in [3.05, 3.63) is 35.5 Å². The normalized spacial score (nSPS) is 17.8. The number of aliphatic imine (C=N–C) groups is 1. The SMILES string of the molecule is CN=C(NCCc1c[nH]c2c(C)cccc12)NCC1CCCO1.I. The maximum Gasteiger partial charge on any atom is 0.191 e. The first kappa shape index (κ1) is 19.1. The summed E-state index contributed by atoms with van der Waals surface area (Å²) in [6.07, 6.45) is 5.70. The Morgan fingerprint density at radius 1 is 1.38 bits per heavy atom. The largest absolute Gasteiger partial charge is 0.376 e. The number of hydrogen-bond acceptors (Lipinski definition) is 2. The third-order valence-corrected chi connectivity index (χ3v) is 4.44. The minimum atomic E-state index is 0. The molecule has 1 atom stereocenters. The van der Waals surface area contributed by atoms with E-state index in [0.717, 1.165) is 38.5 Å². The van der Waals surface area contributed by atoms with Crippen LogP contribution in [0.25, 0.3) is 10.9 Å². The first-order valence-electron chi connectivity index (χ1n) is 8.39. The number of aromatic amines is 1. The van der Waals surface area contributed by atoms with Crippen molar-refractivity contribution in [1.82, 2.24) is 15.6 Å². The van der Waals surface area contributed by atoms with Crippen molar-refractivity contribution in [2.75, 3.05) is 26.7 Å². The Kier molecular flexibility index (Phi) is 7.36. The van der Waals surface area contributed by atoms with Crippen molar-refractivity contribution in [1.29, 1.82) is 0 Å². The molecule has 0 radical (unpaired) electrons. The molecular weight excluding hydrogens is 415 g/mol. The van der Waals surface area contributed by atoms with Crippen LogP contribution in [0.4, 0.5) is 0 Å².